The fraction of sp³-hybridized carbons (Fsp3) is 1.00. The zero-order valence-corrected chi connectivity index (χ0v) is 36.3. The van der Waals surface area contributed by atoms with Crippen LogP contribution in [0.5, 0.6) is 0 Å². The van der Waals surface area contributed by atoms with Crippen LogP contribution in [0.2, 0.25) is 0 Å². The Bertz CT molecular complexity index is 474. The van der Waals surface area contributed by atoms with E-state index < -0.39 is 0 Å². The minimum absolute atomic E-state index is 0. The smallest absolute Gasteiger partial charge is 0.0786 e. The first-order valence-corrected chi connectivity index (χ1v) is 21.3. The molecule has 0 amide bonds. The Balaban J connectivity index is -0.00000924. The summed E-state index contributed by atoms with van der Waals surface area (Å²) < 4.78 is 2.81. The van der Waals surface area contributed by atoms with E-state index in [-0.39, 0.29) is 34.0 Å². The van der Waals surface area contributed by atoms with E-state index in [2.05, 4.69) is 41.5 Å². The Morgan fingerprint density at radius 2 is 0.326 bits per heavy atom. The van der Waals surface area contributed by atoms with Gasteiger partial charge in [0.15, 0.2) is 0 Å². The molecule has 0 aromatic rings. The van der Waals surface area contributed by atoms with Gasteiger partial charge in [-0.25, -0.2) is 0 Å². The third kappa shape index (κ3) is 29.8. The topological polar surface area (TPSA) is 0 Å². The highest BCUT2D eigenvalue weighted by Crippen LogP contribution is 2.19. The van der Waals surface area contributed by atoms with Gasteiger partial charge in [0.05, 0.1) is 52.4 Å². The molecule has 0 aromatic heterocycles. The summed E-state index contributed by atoms with van der Waals surface area (Å²) in [6.07, 6.45) is 40.6. The van der Waals surface area contributed by atoms with E-state index in [4.69, 9.17) is 0 Å². The molecule has 0 radical (unpaired) electrons. The van der Waals surface area contributed by atoms with Gasteiger partial charge in [-0.15, -0.1) is 0 Å². The van der Waals surface area contributed by atoms with E-state index in [0.29, 0.717) is 0 Å². The molecule has 0 atom stereocenters. The monoisotopic (exact) mass is 781 g/mol. The highest BCUT2D eigenvalue weighted by molar-refractivity contribution is 4.53. The molecule has 0 spiro atoms. The van der Waals surface area contributed by atoms with Crippen LogP contribution in [-0.4, -0.2) is 61.3 Å². The third-order valence-corrected chi connectivity index (χ3v) is 10.7. The molecule has 46 heavy (non-hydrogen) atoms. The Morgan fingerprint density at radius 3 is 0.457 bits per heavy atom. The zero-order valence-electron chi connectivity index (χ0n) is 33.1. The van der Waals surface area contributed by atoms with Crippen LogP contribution < -0.4 is 34.0 Å². The van der Waals surface area contributed by atoms with Gasteiger partial charge in [0, 0.05) is 0 Å². The first-order valence-electron chi connectivity index (χ1n) is 21.3. The number of rotatable bonds is 37. The summed E-state index contributed by atoms with van der Waals surface area (Å²) in [4.78, 5) is 0. The highest BCUT2D eigenvalue weighted by atomic mass is 79.9. The minimum Gasteiger partial charge on any atom is -1.00 e. The number of quaternary nitrogens is 2. The molecule has 0 fully saturated rings. The first kappa shape index (κ1) is 51.3. The fourth-order valence-corrected chi connectivity index (χ4v) is 8.62. The maximum atomic E-state index is 2.38. The van der Waals surface area contributed by atoms with Crippen molar-refractivity contribution in [1.82, 2.24) is 0 Å². The van der Waals surface area contributed by atoms with Crippen LogP contribution in [0.4, 0.5) is 0 Å². The number of unbranched alkanes of at least 4 members (excludes halogenated alkanes) is 21. The maximum absolute atomic E-state index is 2.38. The fourth-order valence-electron chi connectivity index (χ4n) is 8.62. The average Bonchev–Trinajstić information content (AvgIpc) is 3.00. The summed E-state index contributed by atoms with van der Waals surface area (Å²) in [6.45, 7) is 25.6. The lowest BCUT2D eigenvalue weighted by molar-refractivity contribution is -0.928. The van der Waals surface area contributed by atoms with Gasteiger partial charge in [0.25, 0.3) is 0 Å². The van der Waals surface area contributed by atoms with Crippen molar-refractivity contribution < 1.29 is 42.9 Å². The molecule has 0 aliphatic carbocycles. The lowest BCUT2D eigenvalue weighted by atomic mass is 10.0. The minimum atomic E-state index is 0. The molecular weight excluding hydrogens is 692 g/mol. The van der Waals surface area contributed by atoms with Crippen LogP contribution in [0, 0.1) is 0 Å². The van der Waals surface area contributed by atoms with Crippen LogP contribution in [0.15, 0.2) is 0 Å². The molecule has 0 aromatic carbocycles. The lowest BCUT2D eigenvalue weighted by Gasteiger charge is -2.38. The quantitative estimate of drug-likeness (QED) is 0.0449. The Kier molecular flexibility index (Phi) is 43.1. The second kappa shape index (κ2) is 38.7. The molecular formula is C42H90Br2N2. The van der Waals surface area contributed by atoms with Gasteiger partial charge in [0.1, 0.15) is 0 Å². The molecule has 0 heterocycles. The predicted octanol–water partition coefficient (Wildman–Crippen LogP) is 7.67. The second-order valence-corrected chi connectivity index (χ2v) is 15.3. The molecule has 0 bridgehead atoms. The predicted molar refractivity (Wildman–Crippen MR) is 203 cm³/mol. The summed E-state index contributed by atoms with van der Waals surface area (Å²) in [5, 5.41) is 0. The van der Waals surface area contributed by atoms with Crippen molar-refractivity contribution in [1.29, 1.82) is 0 Å². The number of halogens is 2. The molecule has 0 N–H and O–H groups in total. The molecule has 0 saturated heterocycles. The summed E-state index contributed by atoms with van der Waals surface area (Å²) in [5.74, 6) is 0. The molecule has 4 heteroatoms. The van der Waals surface area contributed by atoms with E-state index in [0.717, 1.165) is 0 Å². The van der Waals surface area contributed by atoms with Crippen molar-refractivity contribution in [2.75, 3.05) is 52.4 Å². The summed E-state index contributed by atoms with van der Waals surface area (Å²) >= 11 is 0. The van der Waals surface area contributed by atoms with Crippen molar-refractivity contribution in [3.63, 3.8) is 0 Å². The number of hydrogen-bond acceptors (Lipinski definition) is 0. The van der Waals surface area contributed by atoms with Crippen LogP contribution >= 0.6 is 0 Å². The highest BCUT2D eigenvalue weighted by Gasteiger charge is 2.24. The average molecular weight is 783 g/mol. The van der Waals surface area contributed by atoms with Crippen molar-refractivity contribution in [3.8, 4) is 0 Å². The Labute approximate surface area is 315 Å². The van der Waals surface area contributed by atoms with E-state index in [9.17, 15) is 0 Å². The molecule has 0 saturated carbocycles. The number of nitrogens with zero attached hydrogens (tertiary/aromatic N) is 2. The summed E-state index contributed by atoms with van der Waals surface area (Å²) in [6, 6.07) is 0. The van der Waals surface area contributed by atoms with Crippen molar-refractivity contribution in [3.05, 3.63) is 0 Å². The van der Waals surface area contributed by atoms with Crippen molar-refractivity contribution in [2.24, 2.45) is 0 Å². The molecule has 0 rings (SSSR count). The van der Waals surface area contributed by atoms with Gasteiger partial charge < -0.3 is 42.9 Å². The number of hydrogen-bond donors (Lipinski definition) is 0. The lowest BCUT2D eigenvalue weighted by Crippen LogP contribution is -3.00. The van der Waals surface area contributed by atoms with Gasteiger partial charge in [-0.05, 0) is 64.2 Å². The van der Waals surface area contributed by atoms with Gasteiger partial charge in [-0.3, -0.25) is 0 Å². The normalized spacial score (nSPS) is 11.9. The molecule has 2 nitrogen and oxygen atoms in total. The van der Waals surface area contributed by atoms with Crippen LogP contribution in [0.1, 0.15) is 221 Å². The SMILES string of the molecule is CCC[N+](CCC)(CCC)CCCCCCCCCCCCCCCCCCCCCCCC[N+](CCC)(CCC)CCC.[Br-].[Br-]. The first-order chi connectivity index (χ1) is 21.6. The zero-order chi connectivity index (χ0) is 32.5. The molecule has 0 aliphatic rings. The maximum Gasteiger partial charge on any atom is 0.0786 e. The van der Waals surface area contributed by atoms with E-state index in [1.165, 1.54) is 241 Å². The molecule has 282 valence electrons. The second-order valence-electron chi connectivity index (χ2n) is 15.3. The molecule has 0 aliphatic heterocycles. The van der Waals surface area contributed by atoms with E-state index in [1.807, 2.05) is 0 Å². The summed E-state index contributed by atoms with van der Waals surface area (Å²) in [7, 11) is 0. The Morgan fingerprint density at radius 1 is 0.196 bits per heavy atom. The molecule has 0 unspecified atom stereocenters. The van der Waals surface area contributed by atoms with Crippen LogP contribution in [0.3, 0.4) is 0 Å². The van der Waals surface area contributed by atoms with Gasteiger partial charge in [-0.2, -0.15) is 0 Å². The van der Waals surface area contributed by atoms with Gasteiger partial charge in [-0.1, -0.05) is 157 Å². The van der Waals surface area contributed by atoms with Gasteiger partial charge in [0.2, 0.25) is 0 Å². The summed E-state index contributed by atoms with van der Waals surface area (Å²) in [5.41, 5.74) is 0. The standard InChI is InChI=1S/C42H90N2.2BrH/c1-7-35-43(36-8-2,37-9-3)41-33-31-29-27-25-23-21-19-17-15-13-14-16-18-20-22-24-26-28-30-32-34-42-44(38-10-4,39-11-5)40-12-6;;/h7-42H2,1-6H3;2*1H/q+2;;/p-2. The van der Waals surface area contributed by atoms with Crippen LogP contribution in [0.25, 0.3) is 0 Å². The van der Waals surface area contributed by atoms with Crippen molar-refractivity contribution in [2.45, 2.75) is 221 Å². The van der Waals surface area contributed by atoms with E-state index in [1.54, 1.807) is 0 Å². The third-order valence-electron chi connectivity index (χ3n) is 10.7. The van der Waals surface area contributed by atoms with E-state index >= 15 is 0 Å². The van der Waals surface area contributed by atoms with Crippen LogP contribution in [-0.2, 0) is 0 Å². The van der Waals surface area contributed by atoms with Gasteiger partial charge >= 0.3 is 0 Å². The Hall–Kier alpha value is 0.880. The van der Waals surface area contributed by atoms with Crippen molar-refractivity contribution >= 4 is 0 Å². The largest absolute Gasteiger partial charge is 1.00 e.